The smallest absolute Gasteiger partial charge is 0.257 e. The van der Waals surface area contributed by atoms with Crippen LogP contribution in [0.1, 0.15) is 50.8 Å². The Morgan fingerprint density at radius 1 is 1.00 bits per heavy atom. The van der Waals surface area contributed by atoms with E-state index in [1.54, 1.807) is 28.6 Å². The van der Waals surface area contributed by atoms with Gasteiger partial charge in [0, 0.05) is 18.7 Å². The van der Waals surface area contributed by atoms with Gasteiger partial charge in [0.25, 0.3) is 5.89 Å². The van der Waals surface area contributed by atoms with Crippen LogP contribution >= 0.6 is 12.4 Å². The van der Waals surface area contributed by atoms with E-state index in [9.17, 15) is 8.42 Å². The minimum atomic E-state index is -3.43. The molecule has 0 radical (unpaired) electrons. The number of benzene rings is 1. The highest BCUT2D eigenvalue weighted by Gasteiger charge is 2.36. The molecule has 0 amide bonds. The zero-order valence-corrected chi connectivity index (χ0v) is 16.8. The van der Waals surface area contributed by atoms with Crippen LogP contribution in [0.2, 0.25) is 0 Å². The molecule has 0 bridgehead atoms. The molecule has 9 heteroatoms. The molecule has 2 aromatic rings. The van der Waals surface area contributed by atoms with E-state index in [0.29, 0.717) is 35.3 Å². The van der Waals surface area contributed by atoms with Crippen LogP contribution in [0.4, 0.5) is 0 Å². The molecule has 2 fully saturated rings. The third-order valence-electron chi connectivity index (χ3n) is 5.42. The topological polar surface area (TPSA) is 102 Å². The summed E-state index contributed by atoms with van der Waals surface area (Å²) in [4.78, 5) is 4.75. The quantitative estimate of drug-likeness (QED) is 0.827. The van der Waals surface area contributed by atoms with Gasteiger partial charge in [0.2, 0.25) is 10.0 Å². The first-order chi connectivity index (χ1) is 12.5. The average Bonchev–Trinajstić information content (AvgIpc) is 3.33. The molecule has 2 aliphatic rings. The predicted molar refractivity (Wildman–Crippen MR) is 104 cm³/mol. The highest BCUT2D eigenvalue weighted by Crippen LogP contribution is 2.35. The Bertz CT molecular complexity index is 870. The Kier molecular flexibility index (Phi) is 5.90. The minimum Gasteiger partial charge on any atom is -0.334 e. The zero-order chi connectivity index (χ0) is 18.2. The lowest BCUT2D eigenvalue weighted by atomic mass is 9.99. The fourth-order valence-electron chi connectivity index (χ4n) is 3.80. The van der Waals surface area contributed by atoms with E-state index in [-0.39, 0.29) is 12.4 Å². The van der Waals surface area contributed by atoms with Gasteiger partial charge in [-0.1, -0.05) is 24.4 Å². The van der Waals surface area contributed by atoms with Crippen LogP contribution in [0.3, 0.4) is 0 Å². The molecule has 4 rings (SSSR count). The first kappa shape index (κ1) is 20.3. The molecule has 1 aromatic heterocycles. The van der Waals surface area contributed by atoms with Crippen molar-refractivity contribution in [3.63, 3.8) is 0 Å². The van der Waals surface area contributed by atoms with E-state index in [0.717, 1.165) is 44.9 Å². The fourth-order valence-corrected chi connectivity index (χ4v) is 5.31. The van der Waals surface area contributed by atoms with Gasteiger partial charge in [-0.15, -0.1) is 12.4 Å². The van der Waals surface area contributed by atoms with Crippen LogP contribution in [-0.2, 0) is 15.6 Å². The number of sulfonamides is 1. The van der Waals surface area contributed by atoms with Crippen molar-refractivity contribution < 1.29 is 12.9 Å². The summed E-state index contributed by atoms with van der Waals surface area (Å²) in [6.45, 7) is 1.19. The molecule has 27 heavy (non-hydrogen) atoms. The van der Waals surface area contributed by atoms with Gasteiger partial charge in [-0.3, -0.25) is 0 Å². The molecule has 148 valence electrons. The minimum absolute atomic E-state index is 0. The van der Waals surface area contributed by atoms with Crippen molar-refractivity contribution in [3.05, 3.63) is 30.1 Å². The van der Waals surface area contributed by atoms with Crippen LogP contribution in [0.15, 0.2) is 33.7 Å². The van der Waals surface area contributed by atoms with E-state index >= 15 is 0 Å². The lowest BCUT2D eigenvalue weighted by Gasteiger charge is -2.25. The van der Waals surface area contributed by atoms with Gasteiger partial charge in [-0.25, -0.2) is 8.42 Å². The second kappa shape index (κ2) is 7.87. The summed E-state index contributed by atoms with van der Waals surface area (Å²) in [5.74, 6) is 0.911. The average molecular weight is 413 g/mol. The molecule has 0 unspecified atom stereocenters. The summed E-state index contributed by atoms with van der Waals surface area (Å²) in [5, 5.41) is 4.05. The number of hydrogen-bond donors (Lipinski definition) is 1. The number of hydrogen-bond acceptors (Lipinski definition) is 6. The summed E-state index contributed by atoms with van der Waals surface area (Å²) in [5.41, 5.74) is 6.56. The van der Waals surface area contributed by atoms with Crippen molar-refractivity contribution in [2.24, 2.45) is 5.73 Å². The van der Waals surface area contributed by atoms with Crippen molar-refractivity contribution in [1.82, 2.24) is 14.4 Å². The van der Waals surface area contributed by atoms with E-state index < -0.39 is 15.6 Å². The molecule has 2 heterocycles. The van der Waals surface area contributed by atoms with Gasteiger partial charge in [0.05, 0.1) is 10.4 Å². The molecule has 1 aliphatic heterocycles. The lowest BCUT2D eigenvalue weighted by Crippen LogP contribution is -2.35. The molecule has 7 nitrogen and oxygen atoms in total. The van der Waals surface area contributed by atoms with E-state index in [1.807, 2.05) is 0 Å². The van der Waals surface area contributed by atoms with E-state index in [2.05, 4.69) is 10.1 Å². The maximum Gasteiger partial charge on any atom is 0.257 e. The summed E-state index contributed by atoms with van der Waals surface area (Å²) >= 11 is 0. The third kappa shape index (κ3) is 3.89. The number of nitrogens with two attached hydrogens (primary N) is 1. The maximum atomic E-state index is 12.7. The number of halogens is 1. The number of piperidine rings is 1. The summed E-state index contributed by atoms with van der Waals surface area (Å²) in [7, 11) is -3.43. The molecule has 0 spiro atoms. The highest BCUT2D eigenvalue weighted by atomic mass is 35.5. The molecule has 1 saturated heterocycles. The molecular formula is C18H25ClN4O3S. The molecular weight excluding hydrogens is 388 g/mol. The zero-order valence-electron chi connectivity index (χ0n) is 15.1. The summed E-state index contributed by atoms with van der Waals surface area (Å²) in [6.07, 6.45) is 6.80. The van der Waals surface area contributed by atoms with Crippen LogP contribution in [-0.4, -0.2) is 36.0 Å². The molecule has 2 N–H and O–H groups in total. The van der Waals surface area contributed by atoms with Crippen molar-refractivity contribution in [1.29, 1.82) is 0 Å². The lowest BCUT2D eigenvalue weighted by molar-refractivity contribution is 0.346. The van der Waals surface area contributed by atoms with Gasteiger partial charge >= 0.3 is 0 Å². The van der Waals surface area contributed by atoms with Crippen molar-refractivity contribution in [3.8, 4) is 11.5 Å². The van der Waals surface area contributed by atoms with Gasteiger partial charge in [-0.05, 0) is 49.9 Å². The Morgan fingerprint density at radius 2 is 1.63 bits per heavy atom. The van der Waals surface area contributed by atoms with Gasteiger partial charge in [-0.2, -0.15) is 9.29 Å². The SMILES string of the molecule is Cl.NC1(c2noc(-c3ccc(S(=O)(=O)N4CCCCC4)cc3)n2)CCCC1. The van der Waals surface area contributed by atoms with Crippen molar-refractivity contribution in [2.75, 3.05) is 13.1 Å². The van der Waals surface area contributed by atoms with Gasteiger partial charge < -0.3 is 10.3 Å². The largest absolute Gasteiger partial charge is 0.334 e. The summed E-state index contributed by atoms with van der Waals surface area (Å²) < 4.78 is 32.4. The molecule has 1 aromatic carbocycles. The van der Waals surface area contributed by atoms with Crippen LogP contribution in [0.25, 0.3) is 11.5 Å². The summed E-state index contributed by atoms with van der Waals surface area (Å²) in [6, 6.07) is 6.64. The third-order valence-corrected chi connectivity index (χ3v) is 7.33. The monoisotopic (exact) mass is 412 g/mol. The number of rotatable bonds is 4. The Morgan fingerprint density at radius 3 is 2.26 bits per heavy atom. The van der Waals surface area contributed by atoms with E-state index in [1.165, 1.54) is 0 Å². The molecule has 0 atom stereocenters. The Balaban J connectivity index is 0.00000210. The maximum absolute atomic E-state index is 12.7. The van der Waals surface area contributed by atoms with E-state index in [4.69, 9.17) is 10.3 Å². The Labute approximate surface area is 165 Å². The number of nitrogens with zero attached hydrogens (tertiary/aromatic N) is 3. The normalized spacial score (nSPS) is 20.3. The fraction of sp³-hybridized carbons (Fsp3) is 0.556. The van der Waals surface area contributed by atoms with Gasteiger partial charge in [0.1, 0.15) is 0 Å². The first-order valence-electron chi connectivity index (χ1n) is 9.23. The van der Waals surface area contributed by atoms with Crippen molar-refractivity contribution in [2.45, 2.75) is 55.4 Å². The Hall–Kier alpha value is -1.48. The second-order valence-corrected chi connectivity index (χ2v) is 9.21. The first-order valence-corrected chi connectivity index (χ1v) is 10.7. The predicted octanol–water partition coefficient (Wildman–Crippen LogP) is 3.06. The van der Waals surface area contributed by atoms with Crippen LogP contribution in [0.5, 0.6) is 0 Å². The van der Waals surface area contributed by atoms with Crippen LogP contribution < -0.4 is 5.73 Å². The van der Waals surface area contributed by atoms with Crippen LogP contribution in [0, 0.1) is 0 Å². The standard InChI is InChI=1S/C18H24N4O3S.ClH/c19-18(10-2-3-11-18)17-20-16(25-21-17)14-6-8-15(9-7-14)26(23,24)22-12-4-1-5-13-22;/h6-9H,1-5,10-13,19H2;1H. The van der Waals surface area contributed by atoms with Crippen molar-refractivity contribution >= 4 is 22.4 Å². The molecule has 1 aliphatic carbocycles. The number of aromatic nitrogens is 2. The highest BCUT2D eigenvalue weighted by molar-refractivity contribution is 7.89. The second-order valence-electron chi connectivity index (χ2n) is 7.28. The van der Waals surface area contributed by atoms with Gasteiger partial charge in [0.15, 0.2) is 5.82 Å². The molecule has 1 saturated carbocycles.